The zero-order valence-corrected chi connectivity index (χ0v) is 15.8. The summed E-state index contributed by atoms with van der Waals surface area (Å²) < 4.78 is 23.1. The fraction of sp³-hybridized carbons (Fsp3) is 0.412. The molecule has 3 heterocycles. The second kappa shape index (κ2) is 6.31. The van der Waals surface area contributed by atoms with E-state index in [1.165, 1.54) is 12.3 Å². The molecule has 0 radical (unpaired) electrons. The third kappa shape index (κ3) is 2.61. The molecule has 2 aliphatic rings. The first-order valence-electron chi connectivity index (χ1n) is 8.34. The minimum Gasteiger partial charge on any atom is -0.503 e. The van der Waals surface area contributed by atoms with Gasteiger partial charge in [0.05, 0.1) is 23.1 Å². The number of ether oxygens (including phenoxy) is 1. The molecule has 4 rings (SSSR count). The second-order valence-corrected chi connectivity index (χ2v) is 7.71. The summed E-state index contributed by atoms with van der Waals surface area (Å²) >= 11 is 9.28. The van der Waals surface area contributed by atoms with Crippen molar-refractivity contribution in [1.29, 1.82) is 0 Å². The Hall–Kier alpha value is -2.00. The van der Waals surface area contributed by atoms with E-state index in [1.807, 2.05) is 16.7 Å². The van der Waals surface area contributed by atoms with Gasteiger partial charge in [0.25, 0.3) is 0 Å². The van der Waals surface area contributed by atoms with Crippen LogP contribution in [0.25, 0.3) is 10.9 Å². The topological polar surface area (TPSA) is 57.9 Å². The molecule has 1 fully saturated rings. The van der Waals surface area contributed by atoms with E-state index in [9.17, 15) is 14.3 Å². The Balaban J connectivity index is 1.88. The van der Waals surface area contributed by atoms with Gasteiger partial charge < -0.3 is 24.2 Å². The molecule has 6 nitrogen and oxygen atoms in total. The Labute approximate surface area is 160 Å². The van der Waals surface area contributed by atoms with E-state index in [1.54, 1.807) is 4.57 Å². The van der Waals surface area contributed by atoms with Crippen molar-refractivity contribution >= 4 is 45.8 Å². The first-order valence-corrected chi connectivity index (χ1v) is 9.20. The second-order valence-electron chi connectivity index (χ2n) is 6.60. The van der Waals surface area contributed by atoms with Crippen LogP contribution >= 0.6 is 24.8 Å². The summed E-state index contributed by atoms with van der Waals surface area (Å²) in [5.41, 5.74) is 0.286. The third-order valence-electron chi connectivity index (χ3n) is 4.99. The zero-order chi connectivity index (χ0) is 18.6. The Bertz CT molecular complexity index is 970. The molecule has 2 aromatic rings. The predicted molar refractivity (Wildman–Crippen MR) is 105 cm³/mol. The van der Waals surface area contributed by atoms with Crippen LogP contribution in [0.5, 0.6) is 11.5 Å². The van der Waals surface area contributed by atoms with E-state index in [-0.39, 0.29) is 17.2 Å². The summed E-state index contributed by atoms with van der Waals surface area (Å²) in [5.74, 6) is -0.560. The van der Waals surface area contributed by atoms with Gasteiger partial charge in [-0.25, -0.2) is 4.39 Å². The number of nitrogens with zero attached hydrogens (tertiary/aromatic N) is 3. The molecule has 0 spiro atoms. The van der Waals surface area contributed by atoms with Crippen molar-refractivity contribution in [2.75, 3.05) is 37.7 Å². The largest absolute Gasteiger partial charge is 0.503 e. The van der Waals surface area contributed by atoms with E-state index >= 15 is 0 Å². The molecule has 0 amide bonds. The quantitative estimate of drug-likeness (QED) is 0.570. The van der Waals surface area contributed by atoms with Crippen molar-refractivity contribution in [2.45, 2.75) is 13.0 Å². The van der Waals surface area contributed by atoms with Gasteiger partial charge in [0.2, 0.25) is 5.43 Å². The Morgan fingerprint density at radius 3 is 2.73 bits per heavy atom. The Morgan fingerprint density at radius 1 is 1.38 bits per heavy atom. The molecule has 1 aromatic carbocycles. The molecular formula is C17H18FN3O3S2. The average Bonchev–Trinajstić information content (AvgIpc) is 2.62. The molecule has 9 heteroatoms. The van der Waals surface area contributed by atoms with Crippen molar-refractivity contribution in [1.82, 2.24) is 9.47 Å². The van der Waals surface area contributed by atoms with E-state index in [4.69, 9.17) is 17.0 Å². The Morgan fingerprint density at radius 2 is 2.08 bits per heavy atom. The summed E-state index contributed by atoms with van der Waals surface area (Å²) in [7, 11) is 0. The number of thiol groups is 1. The van der Waals surface area contributed by atoms with Crippen LogP contribution in [0.4, 0.5) is 10.1 Å². The van der Waals surface area contributed by atoms with Gasteiger partial charge in [0, 0.05) is 26.2 Å². The lowest BCUT2D eigenvalue weighted by atomic mass is 10.1. The summed E-state index contributed by atoms with van der Waals surface area (Å²) in [6.07, 6.45) is 1.40. The zero-order valence-electron chi connectivity index (χ0n) is 14.1. The number of hydrogen-bond acceptors (Lipinski definition) is 5. The van der Waals surface area contributed by atoms with Gasteiger partial charge in [0.1, 0.15) is 16.6 Å². The number of benzene rings is 1. The standard InChI is InChI=1S/C17H18FN3O3S2/c1-9-8-24-16-13-10(15(23)12(22)7-21(9)13)6-11(18)14(16)19-2-4-20(5-3-19)17(25)26/h6-7,9,22H,2-5,8H2,1H3,(H,25,26). The predicted octanol–water partition coefficient (Wildman–Crippen LogP) is 2.14. The maximum absolute atomic E-state index is 15.0. The van der Waals surface area contributed by atoms with Crippen LogP contribution in [-0.4, -0.2) is 51.7 Å². The number of aromatic hydroxyl groups is 1. The van der Waals surface area contributed by atoms with Gasteiger partial charge >= 0.3 is 0 Å². The summed E-state index contributed by atoms with van der Waals surface area (Å²) in [6.45, 7) is 4.66. The summed E-state index contributed by atoms with van der Waals surface area (Å²) in [5, 5.41) is 10.0. The third-order valence-corrected chi connectivity index (χ3v) is 5.53. The molecule has 1 N–H and O–H groups in total. The Kier molecular flexibility index (Phi) is 4.23. The van der Waals surface area contributed by atoms with E-state index < -0.39 is 11.2 Å². The van der Waals surface area contributed by atoms with Crippen LogP contribution in [0.15, 0.2) is 17.1 Å². The number of pyridine rings is 1. The smallest absolute Gasteiger partial charge is 0.231 e. The first-order chi connectivity index (χ1) is 12.4. The van der Waals surface area contributed by atoms with Gasteiger partial charge in [-0.1, -0.05) is 12.2 Å². The van der Waals surface area contributed by atoms with Crippen molar-refractivity contribution in [3.8, 4) is 11.5 Å². The number of thiocarbonyl (C=S) groups is 1. The highest BCUT2D eigenvalue weighted by Gasteiger charge is 2.30. The van der Waals surface area contributed by atoms with Crippen LogP contribution in [0, 0.1) is 5.82 Å². The molecule has 1 atom stereocenters. The fourth-order valence-corrected chi connectivity index (χ4v) is 4.00. The van der Waals surface area contributed by atoms with E-state index in [0.717, 1.165) is 0 Å². The minimum atomic E-state index is -0.592. The molecule has 1 aromatic heterocycles. The number of anilines is 1. The van der Waals surface area contributed by atoms with Crippen LogP contribution < -0.4 is 15.1 Å². The number of aromatic nitrogens is 1. The molecule has 1 saturated heterocycles. The van der Waals surface area contributed by atoms with Crippen LogP contribution in [0.1, 0.15) is 13.0 Å². The number of rotatable bonds is 1. The monoisotopic (exact) mass is 395 g/mol. The van der Waals surface area contributed by atoms with Crippen molar-refractivity contribution < 1.29 is 14.2 Å². The maximum Gasteiger partial charge on any atom is 0.231 e. The van der Waals surface area contributed by atoms with Gasteiger partial charge in [0.15, 0.2) is 17.3 Å². The molecule has 1 unspecified atom stereocenters. The molecule has 0 saturated carbocycles. The van der Waals surface area contributed by atoms with Crippen molar-refractivity contribution in [3.05, 3.63) is 28.3 Å². The van der Waals surface area contributed by atoms with Gasteiger partial charge in [-0.15, -0.1) is 12.6 Å². The van der Waals surface area contributed by atoms with Gasteiger partial charge in [-0.3, -0.25) is 4.79 Å². The normalized spacial score (nSPS) is 19.6. The lowest BCUT2D eigenvalue weighted by molar-refractivity contribution is 0.244. The van der Waals surface area contributed by atoms with Crippen molar-refractivity contribution in [3.63, 3.8) is 0 Å². The van der Waals surface area contributed by atoms with Crippen LogP contribution in [0.3, 0.4) is 0 Å². The van der Waals surface area contributed by atoms with Gasteiger partial charge in [-0.05, 0) is 13.0 Å². The SMILES string of the molecule is CC1COc2c(N3CCN(C(=S)S)CC3)c(F)cc3c(=O)c(O)cn1c23. The number of piperazine rings is 1. The van der Waals surface area contributed by atoms with E-state index in [2.05, 4.69) is 12.6 Å². The molecule has 0 aliphatic carbocycles. The van der Waals surface area contributed by atoms with Crippen molar-refractivity contribution in [2.24, 2.45) is 0 Å². The number of halogens is 1. The number of hydrogen-bond donors (Lipinski definition) is 2. The highest BCUT2D eigenvalue weighted by Crippen LogP contribution is 2.42. The maximum atomic E-state index is 15.0. The summed E-state index contributed by atoms with van der Waals surface area (Å²) in [4.78, 5) is 16.2. The lowest BCUT2D eigenvalue weighted by Gasteiger charge is -2.38. The highest BCUT2D eigenvalue weighted by molar-refractivity contribution is 8.10. The molecule has 138 valence electrons. The average molecular weight is 395 g/mol. The van der Waals surface area contributed by atoms with E-state index in [0.29, 0.717) is 54.1 Å². The molecule has 26 heavy (non-hydrogen) atoms. The van der Waals surface area contributed by atoms with Gasteiger partial charge in [-0.2, -0.15) is 0 Å². The highest BCUT2D eigenvalue weighted by atomic mass is 32.1. The first kappa shape index (κ1) is 17.4. The molecule has 2 aliphatic heterocycles. The fourth-order valence-electron chi connectivity index (χ4n) is 3.61. The van der Waals surface area contributed by atoms with Crippen LogP contribution in [-0.2, 0) is 0 Å². The van der Waals surface area contributed by atoms with Crippen LogP contribution in [0.2, 0.25) is 0 Å². The summed E-state index contributed by atoms with van der Waals surface area (Å²) in [6, 6.07) is 1.12. The minimum absolute atomic E-state index is 0.0757. The molecule has 0 bridgehead atoms. The molecular weight excluding hydrogens is 377 g/mol. The lowest BCUT2D eigenvalue weighted by Crippen LogP contribution is -2.47.